The molecule has 1 atom stereocenters. The standard InChI is InChI=1S/C23H22F2N2O5S/c1-13-19(22(28)32-9-8-29-2)21(20-15(24)4-3-5-16(20)25)26-23(33)27(13)14-6-7-17-18(12-14)31-11-10-30-17/h3-7,12,21H,8-11H2,1-2H3,(H,26,33). The number of halogens is 2. The molecule has 33 heavy (non-hydrogen) atoms. The maximum absolute atomic E-state index is 14.7. The SMILES string of the molecule is COCCOC(=O)C1=C(C)N(c2ccc3c(c2)OCCO3)C(=S)NC1c1c(F)cccc1F. The molecule has 0 aliphatic carbocycles. The van der Waals surface area contributed by atoms with Gasteiger partial charge >= 0.3 is 5.97 Å². The Balaban J connectivity index is 1.80. The summed E-state index contributed by atoms with van der Waals surface area (Å²) < 4.78 is 50.8. The number of hydrogen-bond donors (Lipinski definition) is 1. The van der Waals surface area contributed by atoms with E-state index in [-0.39, 0.29) is 29.5 Å². The van der Waals surface area contributed by atoms with Crippen LogP contribution in [0, 0.1) is 11.6 Å². The average molecular weight is 477 g/mol. The monoisotopic (exact) mass is 476 g/mol. The topological polar surface area (TPSA) is 69.3 Å². The number of methoxy groups -OCH3 is 1. The summed E-state index contributed by atoms with van der Waals surface area (Å²) in [4.78, 5) is 14.7. The van der Waals surface area contributed by atoms with Gasteiger partial charge in [-0.1, -0.05) is 6.07 Å². The van der Waals surface area contributed by atoms with Crippen LogP contribution in [0.1, 0.15) is 18.5 Å². The van der Waals surface area contributed by atoms with Gasteiger partial charge in [-0.05, 0) is 43.4 Å². The molecule has 1 unspecified atom stereocenters. The number of benzene rings is 2. The molecule has 2 aromatic carbocycles. The molecule has 0 amide bonds. The average Bonchev–Trinajstić information content (AvgIpc) is 2.79. The normalized spacial score (nSPS) is 17.6. The minimum absolute atomic E-state index is 0.0208. The molecular formula is C23H22F2N2O5S. The number of allylic oxidation sites excluding steroid dienone is 1. The highest BCUT2D eigenvalue weighted by atomic mass is 32.1. The van der Waals surface area contributed by atoms with Gasteiger partial charge in [0.15, 0.2) is 16.6 Å². The van der Waals surface area contributed by atoms with Crippen LogP contribution in [0.3, 0.4) is 0 Å². The van der Waals surface area contributed by atoms with E-state index in [1.54, 1.807) is 30.0 Å². The highest BCUT2D eigenvalue weighted by Gasteiger charge is 2.38. The molecule has 1 N–H and O–H groups in total. The maximum atomic E-state index is 14.7. The first kappa shape index (κ1) is 22.9. The Bertz CT molecular complexity index is 1100. The van der Waals surface area contributed by atoms with Crippen molar-refractivity contribution in [1.82, 2.24) is 5.32 Å². The van der Waals surface area contributed by atoms with E-state index >= 15 is 0 Å². The number of rotatable bonds is 6. The Morgan fingerprint density at radius 2 is 1.85 bits per heavy atom. The van der Waals surface area contributed by atoms with Crippen LogP contribution in [0.4, 0.5) is 14.5 Å². The van der Waals surface area contributed by atoms with Gasteiger partial charge < -0.3 is 24.3 Å². The van der Waals surface area contributed by atoms with Gasteiger partial charge in [0.05, 0.1) is 29.5 Å². The van der Waals surface area contributed by atoms with Crippen molar-refractivity contribution in [3.8, 4) is 11.5 Å². The van der Waals surface area contributed by atoms with Crippen molar-refractivity contribution in [3.63, 3.8) is 0 Å². The van der Waals surface area contributed by atoms with Crippen molar-refractivity contribution in [1.29, 1.82) is 0 Å². The first-order valence-corrected chi connectivity index (χ1v) is 10.6. The molecule has 0 bridgehead atoms. The van der Waals surface area contributed by atoms with Crippen molar-refractivity contribution in [3.05, 3.63) is 64.9 Å². The summed E-state index contributed by atoms with van der Waals surface area (Å²) in [5.74, 6) is -1.24. The number of ether oxygens (including phenoxy) is 4. The predicted molar refractivity (Wildman–Crippen MR) is 120 cm³/mol. The highest BCUT2D eigenvalue weighted by Crippen LogP contribution is 2.39. The Kier molecular flexibility index (Phi) is 6.75. The van der Waals surface area contributed by atoms with Crippen molar-refractivity contribution < 1.29 is 32.5 Å². The number of esters is 1. The number of anilines is 1. The number of hydrogen-bond acceptors (Lipinski definition) is 6. The van der Waals surface area contributed by atoms with E-state index in [1.807, 2.05) is 0 Å². The lowest BCUT2D eigenvalue weighted by atomic mass is 9.94. The van der Waals surface area contributed by atoms with E-state index in [9.17, 15) is 13.6 Å². The van der Waals surface area contributed by atoms with E-state index < -0.39 is 23.6 Å². The van der Waals surface area contributed by atoms with Crippen molar-refractivity contribution >= 4 is 29.0 Å². The van der Waals surface area contributed by atoms with Gasteiger partial charge in [-0.3, -0.25) is 4.90 Å². The highest BCUT2D eigenvalue weighted by molar-refractivity contribution is 7.80. The van der Waals surface area contributed by atoms with E-state index in [4.69, 9.17) is 31.2 Å². The molecule has 0 radical (unpaired) electrons. The van der Waals surface area contributed by atoms with Gasteiger partial charge in [0.2, 0.25) is 0 Å². The fourth-order valence-corrected chi connectivity index (χ4v) is 4.15. The predicted octanol–water partition coefficient (Wildman–Crippen LogP) is 3.64. The molecule has 0 fully saturated rings. The van der Waals surface area contributed by atoms with Gasteiger partial charge in [-0.25, -0.2) is 13.6 Å². The molecule has 0 spiro atoms. The van der Waals surface area contributed by atoms with E-state index in [0.717, 1.165) is 12.1 Å². The molecule has 2 aliphatic heterocycles. The van der Waals surface area contributed by atoms with Gasteiger partial charge in [-0.2, -0.15) is 0 Å². The quantitative estimate of drug-likeness (QED) is 0.385. The third kappa shape index (κ3) is 4.49. The molecule has 2 heterocycles. The summed E-state index contributed by atoms with van der Waals surface area (Å²) in [6.07, 6.45) is 0. The van der Waals surface area contributed by atoms with Crippen LogP contribution in [0.15, 0.2) is 47.7 Å². The zero-order valence-corrected chi connectivity index (χ0v) is 18.8. The smallest absolute Gasteiger partial charge is 0.338 e. The van der Waals surface area contributed by atoms with Crippen molar-refractivity contribution in [2.45, 2.75) is 13.0 Å². The third-order valence-electron chi connectivity index (χ3n) is 5.30. The summed E-state index contributed by atoms with van der Waals surface area (Å²) >= 11 is 5.54. The first-order chi connectivity index (χ1) is 15.9. The lowest BCUT2D eigenvalue weighted by molar-refractivity contribution is -0.140. The van der Waals surface area contributed by atoms with Crippen LogP contribution in [0.5, 0.6) is 11.5 Å². The second-order valence-electron chi connectivity index (χ2n) is 7.31. The molecule has 0 saturated heterocycles. The summed E-state index contributed by atoms with van der Waals surface area (Å²) in [6.45, 7) is 2.65. The number of carbonyl (C=O) groups excluding carboxylic acids is 1. The van der Waals surface area contributed by atoms with Gasteiger partial charge in [0.25, 0.3) is 0 Å². The fourth-order valence-electron chi connectivity index (χ4n) is 3.79. The number of nitrogens with zero attached hydrogens (tertiary/aromatic N) is 1. The Morgan fingerprint density at radius 3 is 2.55 bits per heavy atom. The number of carbonyl (C=O) groups is 1. The van der Waals surface area contributed by atoms with Crippen LogP contribution >= 0.6 is 12.2 Å². The van der Waals surface area contributed by atoms with Crippen LogP contribution in [0.25, 0.3) is 0 Å². The number of thiocarbonyl (C=S) groups is 1. The summed E-state index contributed by atoms with van der Waals surface area (Å²) in [7, 11) is 1.47. The van der Waals surface area contributed by atoms with E-state index in [2.05, 4.69) is 5.32 Å². The zero-order chi connectivity index (χ0) is 23.5. The zero-order valence-electron chi connectivity index (χ0n) is 18.0. The minimum Gasteiger partial charge on any atom is -0.486 e. The lowest BCUT2D eigenvalue weighted by Crippen LogP contribution is -2.48. The van der Waals surface area contributed by atoms with Crippen LogP contribution in [-0.4, -0.2) is 44.6 Å². The summed E-state index contributed by atoms with van der Waals surface area (Å²) in [5.41, 5.74) is 0.660. The van der Waals surface area contributed by atoms with Gasteiger partial charge in [0.1, 0.15) is 31.5 Å². The lowest BCUT2D eigenvalue weighted by Gasteiger charge is -2.38. The molecule has 2 aromatic rings. The summed E-state index contributed by atoms with van der Waals surface area (Å²) in [6, 6.07) is 7.54. The second-order valence-corrected chi connectivity index (χ2v) is 7.70. The molecule has 0 aromatic heterocycles. The molecule has 10 heteroatoms. The third-order valence-corrected chi connectivity index (χ3v) is 5.60. The van der Waals surface area contributed by atoms with Crippen LogP contribution in [-0.2, 0) is 14.3 Å². The number of fused-ring (bicyclic) bond motifs is 1. The van der Waals surface area contributed by atoms with Crippen molar-refractivity contribution in [2.24, 2.45) is 0 Å². The van der Waals surface area contributed by atoms with Crippen LogP contribution < -0.4 is 19.7 Å². The minimum atomic E-state index is -1.18. The molecule has 7 nitrogen and oxygen atoms in total. The van der Waals surface area contributed by atoms with Gasteiger partial charge in [0, 0.05) is 18.9 Å². The Labute approximate surface area is 194 Å². The molecular weight excluding hydrogens is 454 g/mol. The Morgan fingerprint density at radius 1 is 1.15 bits per heavy atom. The summed E-state index contributed by atoms with van der Waals surface area (Å²) in [5, 5.41) is 3.07. The molecule has 0 saturated carbocycles. The number of nitrogens with one attached hydrogen (secondary N) is 1. The van der Waals surface area contributed by atoms with Gasteiger partial charge in [-0.15, -0.1) is 0 Å². The molecule has 4 rings (SSSR count). The van der Waals surface area contributed by atoms with Crippen molar-refractivity contribution in [2.75, 3.05) is 38.4 Å². The fraction of sp³-hybridized carbons (Fsp3) is 0.304. The second kappa shape index (κ2) is 9.72. The first-order valence-electron chi connectivity index (χ1n) is 10.2. The van der Waals surface area contributed by atoms with E-state index in [1.165, 1.54) is 13.2 Å². The van der Waals surface area contributed by atoms with E-state index in [0.29, 0.717) is 36.1 Å². The largest absolute Gasteiger partial charge is 0.486 e. The Hall–Kier alpha value is -3.24. The molecule has 174 valence electrons. The maximum Gasteiger partial charge on any atom is 0.338 e. The molecule has 2 aliphatic rings. The van der Waals surface area contributed by atoms with Crippen LogP contribution in [0.2, 0.25) is 0 Å².